The van der Waals surface area contributed by atoms with Crippen LogP contribution in [0.4, 0.5) is 5.69 Å². The molecule has 0 radical (unpaired) electrons. The zero-order valence-electron chi connectivity index (χ0n) is 25.5. The van der Waals surface area contributed by atoms with Crippen molar-refractivity contribution in [1.82, 2.24) is 14.8 Å². The number of carbonyl (C=O) groups excluding carboxylic acids is 2. The number of ether oxygens (including phenoxy) is 1. The number of hydrogen-bond donors (Lipinski definition) is 2. The number of likely N-dealkylation sites (N-methyl/N-ethyl adjacent to an activating group) is 1. The molecule has 2 amide bonds. The molecule has 0 fully saturated rings. The predicted molar refractivity (Wildman–Crippen MR) is 172 cm³/mol. The molecule has 3 aromatic carbocycles. The summed E-state index contributed by atoms with van der Waals surface area (Å²) in [6.45, 7) is 5.66. The third-order valence-corrected chi connectivity index (χ3v) is 8.12. The molecule has 4 aromatic rings. The van der Waals surface area contributed by atoms with Gasteiger partial charge >= 0.3 is 0 Å². The Morgan fingerprint density at radius 1 is 1.05 bits per heavy atom. The second-order valence-electron chi connectivity index (χ2n) is 11.7. The molecular formula is C36H40N4O4. The van der Waals surface area contributed by atoms with Crippen LogP contribution in [0.3, 0.4) is 0 Å². The summed E-state index contributed by atoms with van der Waals surface area (Å²) >= 11 is 0. The summed E-state index contributed by atoms with van der Waals surface area (Å²) in [5, 5.41) is 12.9. The Kier molecular flexibility index (Phi) is 10.0. The number of aliphatic hydroxyl groups excluding tert-OH is 1. The van der Waals surface area contributed by atoms with Crippen LogP contribution < -0.4 is 10.1 Å². The number of nitrogens with zero attached hydrogens (tertiary/aromatic N) is 3. The molecule has 1 aromatic heterocycles. The molecule has 8 heteroatoms. The molecule has 1 aliphatic rings. The third kappa shape index (κ3) is 7.70. The second-order valence-corrected chi connectivity index (χ2v) is 11.7. The fourth-order valence-electron chi connectivity index (χ4n) is 5.55. The van der Waals surface area contributed by atoms with Gasteiger partial charge in [0.25, 0.3) is 5.91 Å². The first-order valence-electron chi connectivity index (χ1n) is 15.0. The van der Waals surface area contributed by atoms with Crippen molar-refractivity contribution in [2.24, 2.45) is 5.92 Å². The molecule has 3 atom stereocenters. The number of hydrogen-bond acceptors (Lipinski definition) is 6. The highest BCUT2D eigenvalue weighted by Gasteiger charge is 2.31. The number of anilines is 1. The summed E-state index contributed by atoms with van der Waals surface area (Å²) in [4.78, 5) is 34.3. The van der Waals surface area contributed by atoms with E-state index in [1.807, 2.05) is 31.2 Å². The van der Waals surface area contributed by atoms with Gasteiger partial charge in [-0.15, -0.1) is 0 Å². The minimum atomic E-state index is -0.331. The van der Waals surface area contributed by atoms with Gasteiger partial charge in [0.1, 0.15) is 11.9 Å². The van der Waals surface area contributed by atoms with E-state index in [9.17, 15) is 14.7 Å². The van der Waals surface area contributed by atoms with Crippen LogP contribution in [0.1, 0.15) is 35.3 Å². The van der Waals surface area contributed by atoms with Gasteiger partial charge in [0.05, 0.1) is 19.1 Å². The Morgan fingerprint density at radius 3 is 2.45 bits per heavy atom. The number of aliphatic hydroxyl groups is 1. The molecule has 44 heavy (non-hydrogen) atoms. The van der Waals surface area contributed by atoms with E-state index in [1.165, 1.54) is 16.7 Å². The number of aromatic nitrogens is 1. The molecular weight excluding hydrogens is 552 g/mol. The number of carbonyl (C=O) groups is 2. The quantitative estimate of drug-likeness (QED) is 0.275. The van der Waals surface area contributed by atoms with E-state index >= 15 is 0 Å². The van der Waals surface area contributed by atoms with Gasteiger partial charge in [0.2, 0.25) is 5.91 Å². The van der Waals surface area contributed by atoms with E-state index < -0.39 is 0 Å². The Morgan fingerprint density at radius 2 is 1.75 bits per heavy atom. The summed E-state index contributed by atoms with van der Waals surface area (Å²) in [6.07, 6.45) is 3.02. The van der Waals surface area contributed by atoms with Crippen LogP contribution in [-0.4, -0.2) is 70.6 Å². The van der Waals surface area contributed by atoms with Crippen molar-refractivity contribution in [2.45, 2.75) is 39.0 Å². The molecule has 0 saturated heterocycles. The lowest BCUT2D eigenvalue weighted by atomic mass is 10.0. The highest BCUT2D eigenvalue weighted by molar-refractivity contribution is 6.04. The lowest BCUT2D eigenvalue weighted by Crippen LogP contribution is -2.47. The Bertz CT molecular complexity index is 1550. The molecule has 8 nitrogen and oxygen atoms in total. The van der Waals surface area contributed by atoms with Crippen molar-refractivity contribution in [3.8, 4) is 16.9 Å². The SMILES string of the molecule is C[C@H](CO)N1C[C@H](C)[C@H](CN(C)Cc2ccc(-c3ccccc3)cc2)Oc2ccc(NC(=O)c3ccncc3)cc2CC1=O. The average molecular weight is 593 g/mol. The largest absolute Gasteiger partial charge is 0.488 e. The van der Waals surface area contributed by atoms with Gasteiger partial charge < -0.3 is 20.1 Å². The van der Waals surface area contributed by atoms with Crippen molar-refractivity contribution in [2.75, 3.05) is 32.1 Å². The maximum absolute atomic E-state index is 13.5. The topological polar surface area (TPSA) is 95.0 Å². The fraction of sp³-hybridized carbons (Fsp3) is 0.306. The van der Waals surface area contributed by atoms with E-state index in [1.54, 1.807) is 41.6 Å². The second kappa shape index (κ2) is 14.3. The van der Waals surface area contributed by atoms with Gasteiger partial charge in [-0.25, -0.2) is 0 Å². The van der Waals surface area contributed by atoms with Crippen LogP contribution in [0.5, 0.6) is 5.75 Å². The van der Waals surface area contributed by atoms with Crippen molar-refractivity contribution in [3.05, 3.63) is 114 Å². The highest BCUT2D eigenvalue weighted by Crippen LogP contribution is 2.30. The van der Waals surface area contributed by atoms with Crippen LogP contribution in [0.2, 0.25) is 0 Å². The fourth-order valence-corrected chi connectivity index (χ4v) is 5.55. The molecule has 0 bridgehead atoms. The molecule has 0 spiro atoms. The molecule has 5 rings (SSSR count). The molecule has 0 saturated carbocycles. The van der Waals surface area contributed by atoms with Crippen molar-refractivity contribution in [1.29, 1.82) is 0 Å². The minimum absolute atomic E-state index is 0.00660. The minimum Gasteiger partial charge on any atom is -0.488 e. The maximum Gasteiger partial charge on any atom is 0.255 e. The summed E-state index contributed by atoms with van der Waals surface area (Å²) < 4.78 is 6.67. The first-order chi connectivity index (χ1) is 21.3. The van der Waals surface area contributed by atoms with E-state index in [-0.39, 0.29) is 42.9 Å². The standard InChI is InChI=1S/C36H40N4O4/c1-25-21-40(26(2)24-41)35(42)20-31-19-32(38-36(43)30-15-17-37-18-16-30)13-14-33(31)44-34(25)23-39(3)22-27-9-11-29(12-10-27)28-7-5-4-6-8-28/h4-19,25-26,34,41H,20-24H2,1-3H3,(H,38,43)/t25-,26+,34-/m0/s1. The molecule has 0 aliphatic carbocycles. The zero-order valence-corrected chi connectivity index (χ0v) is 25.5. The summed E-state index contributed by atoms with van der Waals surface area (Å²) in [5.41, 5.74) is 5.32. The summed E-state index contributed by atoms with van der Waals surface area (Å²) in [5.74, 6) is 0.264. The Labute approximate surface area is 259 Å². The van der Waals surface area contributed by atoms with Gasteiger partial charge in [-0.2, -0.15) is 0 Å². The van der Waals surface area contributed by atoms with Gasteiger partial charge in [-0.05, 0) is 61.0 Å². The number of benzene rings is 3. The van der Waals surface area contributed by atoms with Crippen molar-refractivity contribution in [3.63, 3.8) is 0 Å². The average Bonchev–Trinajstić information content (AvgIpc) is 3.09. The van der Waals surface area contributed by atoms with E-state index in [2.05, 4.69) is 65.6 Å². The van der Waals surface area contributed by atoms with Crippen LogP contribution in [0, 0.1) is 5.92 Å². The monoisotopic (exact) mass is 592 g/mol. The first-order valence-corrected chi connectivity index (χ1v) is 15.0. The third-order valence-electron chi connectivity index (χ3n) is 8.12. The number of nitrogens with one attached hydrogen (secondary N) is 1. The lowest BCUT2D eigenvalue weighted by molar-refractivity contribution is -0.134. The molecule has 0 unspecified atom stereocenters. The molecule has 2 N–H and O–H groups in total. The number of fused-ring (bicyclic) bond motifs is 1. The zero-order chi connectivity index (χ0) is 31.1. The lowest BCUT2D eigenvalue weighted by Gasteiger charge is -2.34. The summed E-state index contributed by atoms with van der Waals surface area (Å²) in [7, 11) is 2.08. The Balaban J connectivity index is 1.35. The number of pyridine rings is 1. The maximum atomic E-state index is 13.5. The van der Waals surface area contributed by atoms with Gasteiger partial charge in [-0.3, -0.25) is 19.5 Å². The highest BCUT2D eigenvalue weighted by atomic mass is 16.5. The first kappa shape index (κ1) is 30.9. The smallest absolute Gasteiger partial charge is 0.255 e. The van der Waals surface area contributed by atoms with Gasteiger partial charge in [0.15, 0.2) is 0 Å². The van der Waals surface area contributed by atoms with Crippen LogP contribution >= 0.6 is 0 Å². The van der Waals surface area contributed by atoms with E-state index in [4.69, 9.17) is 4.74 Å². The molecule has 1 aliphatic heterocycles. The van der Waals surface area contributed by atoms with Crippen molar-refractivity contribution < 1.29 is 19.4 Å². The summed E-state index contributed by atoms with van der Waals surface area (Å²) in [6, 6.07) is 27.3. The van der Waals surface area contributed by atoms with E-state index in [0.29, 0.717) is 35.7 Å². The van der Waals surface area contributed by atoms with Crippen LogP contribution in [0.15, 0.2) is 97.3 Å². The number of rotatable bonds is 9. The van der Waals surface area contributed by atoms with Crippen molar-refractivity contribution >= 4 is 17.5 Å². The van der Waals surface area contributed by atoms with Gasteiger partial charge in [0, 0.05) is 54.8 Å². The predicted octanol–water partition coefficient (Wildman–Crippen LogP) is 5.28. The van der Waals surface area contributed by atoms with E-state index in [0.717, 1.165) is 6.54 Å². The normalized spacial score (nSPS) is 17.6. The number of amides is 2. The van der Waals surface area contributed by atoms with Crippen LogP contribution in [0.25, 0.3) is 11.1 Å². The Hall–Kier alpha value is -4.53. The molecule has 228 valence electrons. The van der Waals surface area contributed by atoms with Crippen LogP contribution in [-0.2, 0) is 17.8 Å². The molecule has 2 heterocycles. The van der Waals surface area contributed by atoms with Gasteiger partial charge in [-0.1, -0.05) is 61.5 Å².